The first-order valence-electron chi connectivity index (χ1n) is 7.66. The van der Waals surface area contributed by atoms with Gasteiger partial charge in [-0.1, -0.05) is 6.92 Å². The monoisotopic (exact) mass is 311 g/mol. The first-order chi connectivity index (χ1) is 10.4. The SMILES string of the molecule is CC[C@H](C(C)=O)N1CC(CNC(=O)CCC(=O)NC)CC1=O. The fourth-order valence-corrected chi connectivity index (χ4v) is 2.67. The zero-order chi connectivity index (χ0) is 16.7. The van der Waals surface area contributed by atoms with Crippen LogP contribution in [0.4, 0.5) is 0 Å². The van der Waals surface area contributed by atoms with Crippen LogP contribution in [0.25, 0.3) is 0 Å². The third-order valence-electron chi connectivity index (χ3n) is 3.92. The van der Waals surface area contributed by atoms with Gasteiger partial charge in [-0.05, 0) is 13.3 Å². The van der Waals surface area contributed by atoms with Crippen molar-refractivity contribution >= 4 is 23.5 Å². The van der Waals surface area contributed by atoms with Crippen LogP contribution in [-0.2, 0) is 19.2 Å². The van der Waals surface area contributed by atoms with Crippen molar-refractivity contribution in [3.8, 4) is 0 Å². The van der Waals surface area contributed by atoms with E-state index in [-0.39, 0.29) is 48.3 Å². The van der Waals surface area contributed by atoms with Crippen molar-refractivity contribution in [2.45, 2.75) is 45.6 Å². The summed E-state index contributed by atoms with van der Waals surface area (Å²) in [4.78, 5) is 47.9. The number of hydrogen-bond acceptors (Lipinski definition) is 4. The fourth-order valence-electron chi connectivity index (χ4n) is 2.67. The minimum Gasteiger partial charge on any atom is -0.359 e. The van der Waals surface area contributed by atoms with Crippen LogP contribution in [0, 0.1) is 5.92 Å². The number of nitrogens with one attached hydrogen (secondary N) is 2. The van der Waals surface area contributed by atoms with Gasteiger partial charge in [0.15, 0.2) is 5.78 Å². The summed E-state index contributed by atoms with van der Waals surface area (Å²) in [6.45, 7) is 4.26. The van der Waals surface area contributed by atoms with Crippen molar-refractivity contribution in [2.75, 3.05) is 20.1 Å². The molecule has 0 bridgehead atoms. The van der Waals surface area contributed by atoms with E-state index in [9.17, 15) is 19.2 Å². The van der Waals surface area contributed by atoms with Gasteiger partial charge in [-0.2, -0.15) is 0 Å². The molecule has 0 saturated carbocycles. The Balaban J connectivity index is 2.40. The van der Waals surface area contributed by atoms with Crippen molar-refractivity contribution < 1.29 is 19.2 Å². The predicted molar refractivity (Wildman–Crippen MR) is 80.9 cm³/mol. The molecule has 0 radical (unpaired) electrons. The van der Waals surface area contributed by atoms with E-state index in [1.54, 1.807) is 4.90 Å². The van der Waals surface area contributed by atoms with E-state index in [4.69, 9.17) is 0 Å². The molecule has 2 atom stereocenters. The molecular formula is C15H25N3O4. The van der Waals surface area contributed by atoms with Crippen molar-refractivity contribution in [1.82, 2.24) is 15.5 Å². The Morgan fingerprint density at radius 3 is 2.45 bits per heavy atom. The van der Waals surface area contributed by atoms with Gasteiger partial charge in [0.1, 0.15) is 0 Å². The van der Waals surface area contributed by atoms with Gasteiger partial charge in [0.25, 0.3) is 0 Å². The van der Waals surface area contributed by atoms with Crippen LogP contribution in [0.1, 0.15) is 39.5 Å². The maximum Gasteiger partial charge on any atom is 0.223 e. The van der Waals surface area contributed by atoms with E-state index in [0.29, 0.717) is 25.9 Å². The lowest BCUT2D eigenvalue weighted by molar-refractivity contribution is -0.135. The number of carbonyl (C=O) groups is 4. The average Bonchev–Trinajstić information content (AvgIpc) is 2.84. The van der Waals surface area contributed by atoms with Crippen LogP contribution in [0.2, 0.25) is 0 Å². The normalized spacial score (nSPS) is 19.0. The molecule has 0 aromatic heterocycles. The Kier molecular flexibility index (Phi) is 7.01. The molecule has 1 aliphatic rings. The van der Waals surface area contributed by atoms with Gasteiger partial charge in [0.05, 0.1) is 6.04 Å². The molecule has 124 valence electrons. The van der Waals surface area contributed by atoms with E-state index in [1.165, 1.54) is 14.0 Å². The van der Waals surface area contributed by atoms with Crippen LogP contribution < -0.4 is 10.6 Å². The van der Waals surface area contributed by atoms with E-state index in [0.717, 1.165) is 0 Å². The van der Waals surface area contributed by atoms with Gasteiger partial charge >= 0.3 is 0 Å². The molecule has 1 unspecified atom stereocenters. The summed E-state index contributed by atoms with van der Waals surface area (Å²) in [6, 6.07) is -0.360. The van der Waals surface area contributed by atoms with Gasteiger partial charge in [0, 0.05) is 45.3 Å². The molecule has 0 spiro atoms. The fraction of sp³-hybridized carbons (Fsp3) is 0.733. The molecule has 0 aromatic rings. The second kappa shape index (κ2) is 8.51. The zero-order valence-corrected chi connectivity index (χ0v) is 13.5. The third-order valence-corrected chi connectivity index (χ3v) is 3.92. The Bertz CT molecular complexity index is 450. The van der Waals surface area contributed by atoms with Crippen LogP contribution in [0.15, 0.2) is 0 Å². The highest BCUT2D eigenvalue weighted by atomic mass is 16.2. The van der Waals surface area contributed by atoms with Crippen LogP contribution in [0.3, 0.4) is 0 Å². The summed E-state index contributed by atoms with van der Waals surface area (Å²) in [5.74, 6) is -0.402. The average molecular weight is 311 g/mol. The molecule has 1 saturated heterocycles. The number of carbonyl (C=O) groups excluding carboxylic acids is 4. The lowest BCUT2D eigenvalue weighted by atomic mass is 10.1. The number of hydrogen-bond donors (Lipinski definition) is 2. The highest BCUT2D eigenvalue weighted by Gasteiger charge is 2.35. The molecular weight excluding hydrogens is 286 g/mol. The molecule has 22 heavy (non-hydrogen) atoms. The largest absolute Gasteiger partial charge is 0.359 e. The molecule has 2 N–H and O–H groups in total. The number of nitrogens with zero attached hydrogens (tertiary/aromatic N) is 1. The first-order valence-corrected chi connectivity index (χ1v) is 7.66. The molecule has 1 rings (SSSR count). The van der Waals surface area contributed by atoms with Crippen LogP contribution in [0.5, 0.6) is 0 Å². The lowest BCUT2D eigenvalue weighted by Gasteiger charge is -2.25. The zero-order valence-electron chi connectivity index (χ0n) is 13.5. The third kappa shape index (κ3) is 5.13. The second-order valence-electron chi connectivity index (χ2n) is 5.63. The summed E-state index contributed by atoms with van der Waals surface area (Å²) in [6.07, 6.45) is 1.24. The maximum absolute atomic E-state index is 12.0. The van der Waals surface area contributed by atoms with Gasteiger partial charge < -0.3 is 15.5 Å². The standard InChI is InChI=1S/C15H25N3O4/c1-4-12(10(2)19)18-9-11(7-15(18)22)8-17-14(21)6-5-13(20)16-3/h11-12H,4-9H2,1-3H3,(H,16,20)(H,17,21)/t11?,12-/m1/s1. The minimum atomic E-state index is -0.360. The molecule has 0 aromatic carbocycles. The Hall–Kier alpha value is -1.92. The molecule has 7 nitrogen and oxygen atoms in total. The quantitative estimate of drug-likeness (QED) is 0.651. The van der Waals surface area contributed by atoms with Crippen LogP contribution in [-0.4, -0.2) is 54.6 Å². The Morgan fingerprint density at radius 2 is 1.91 bits per heavy atom. The highest BCUT2D eigenvalue weighted by Crippen LogP contribution is 2.21. The van der Waals surface area contributed by atoms with Gasteiger partial charge in [-0.3, -0.25) is 19.2 Å². The summed E-state index contributed by atoms with van der Waals surface area (Å²) in [7, 11) is 1.53. The van der Waals surface area contributed by atoms with Crippen molar-refractivity contribution in [3.05, 3.63) is 0 Å². The minimum absolute atomic E-state index is 0.00823. The van der Waals surface area contributed by atoms with Crippen molar-refractivity contribution in [1.29, 1.82) is 0 Å². The maximum atomic E-state index is 12.0. The summed E-state index contributed by atoms with van der Waals surface area (Å²) in [5, 5.41) is 5.20. The smallest absolute Gasteiger partial charge is 0.223 e. The number of Topliss-reactive ketones (excluding diaryl/α,β-unsaturated/α-hetero) is 1. The van der Waals surface area contributed by atoms with E-state index in [1.807, 2.05) is 6.92 Å². The number of likely N-dealkylation sites (tertiary alicyclic amines) is 1. The van der Waals surface area contributed by atoms with E-state index < -0.39 is 0 Å². The molecule has 1 heterocycles. The molecule has 1 fully saturated rings. The van der Waals surface area contributed by atoms with E-state index in [2.05, 4.69) is 10.6 Å². The molecule has 0 aliphatic carbocycles. The van der Waals surface area contributed by atoms with Gasteiger partial charge in [-0.25, -0.2) is 0 Å². The number of rotatable bonds is 8. The Labute approximate surface area is 130 Å². The van der Waals surface area contributed by atoms with Crippen molar-refractivity contribution in [2.24, 2.45) is 5.92 Å². The van der Waals surface area contributed by atoms with Gasteiger partial charge in [0.2, 0.25) is 17.7 Å². The Morgan fingerprint density at radius 1 is 1.27 bits per heavy atom. The predicted octanol–water partition coefficient (Wildman–Crippen LogP) is -0.155. The molecule has 1 aliphatic heterocycles. The highest BCUT2D eigenvalue weighted by molar-refractivity contribution is 5.88. The number of amides is 3. The summed E-state index contributed by atoms with van der Waals surface area (Å²) >= 11 is 0. The van der Waals surface area contributed by atoms with E-state index >= 15 is 0 Å². The lowest BCUT2D eigenvalue weighted by Crippen LogP contribution is -2.41. The molecule has 3 amide bonds. The summed E-state index contributed by atoms with van der Waals surface area (Å²) < 4.78 is 0. The summed E-state index contributed by atoms with van der Waals surface area (Å²) in [5.41, 5.74) is 0. The topological polar surface area (TPSA) is 95.6 Å². The first kappa shape index (κ1) is 18.1. The second-order valence-corrected chi connectivity index (χ2v) is 5.63. The van der Waals surface area contributed by atoms with Crippen molar-refractivity contribution in [3.63, 3.8) is 0 Å². The number of ketones is 1. The molecule has 7 heteroatoms. The van der Waals surface area contributed by atoms with Crippen LogP contribution >= 0.6 is 0 Å². The van der Waals surface area contributed by atoms with Gasteiger partial charge in [-0.15, -0.1) is 0 Å².